The Morgan fingerprint density at radius 1 is 1.42 bits per heavy atom. The Morgan fingerprint density at radius 3 is 3.00 bits per heavy atom. The third-order valence-corrected chi connectivity index (χ3v) is 4.33. The maximum Gasteiger partial charge on any atom is 0.0534 e. The minimum atomic E-state index is 0. The molecule has 2 aliphatic rings. The molecular weight excluding hydrogens is 260 g/mol. The van der Waals surface area contributed by atoms with Crippen LogP contribution >= 0.6 is 12.4 Å². The van der Waals surface area contributed by atoms with Crippen molar-refractivity contribution in [3.05, 3.63) is 18.0 Å². The molecule has 0 radical (unpaired) electrons. The highest BCUT2D eigenvalue weighted by Crippen LogP contribution is 2.25. The van der Waals surface area contributed by atoms with E-state index in [0.717, 1.165) is 18.5 Å². The number of hydrogen-bond donors (Lipinski definition) is 1. The van der Waals surface area contributed by atoms with Gasteiger partial charge < -0.3 is 5.32 Å². The van der Waals surface area contributed by atoms with E-state index in [1.807, 2.05) is 6.20 Å². The second-order valence-corrected chi connectivity index (χ2v) is 6.06. The summed E-state index contributed by atoms with van der Waals surface area (Å²) < 4.78 is 2.05. The highest BCUT2D eigenvalue weighted by Gasteiger charge is 2.32. The summed E-state index contributed by atoms with van der Waals surface area (Å²) in [4.78, 5) is 2.59. The van der Waals surface area contributed by atoms with Crippen molar-refractivity contribution in [2.45, 2.75) is 45.3 Å². The van der Waals surface area contributed by atoms with Crippen molar-refractivity contribution in [3.8, 4) is 0 Å². The van der Waals surface area contributed by atoms with Gasteiger partial charge in [0.05, 0.1) is 6.20 Å². The van der Waals surface area contributed by atoms with Crippen molar-refractivity contribution in [1.82, 2.24) is 20.0 Å². The summed E-state index contributed by atoms with van der Waals surface area (Å²) in [6.45, 7) is 9.11. The third-order valence-electron chi connectivity index (χ3n) is 4.33. The van der Waals surface area contributed by atoms with Gasteiger partial charge in [0.15, 0.2) is 0 Å². The molecule has 108 valence electrons. The van der Waals surface area contributed by atoms with E-state index in [9.17, 15) is 0 Å². The smallest absolute Gasteiger partial charge is 0.0534 e. The molecule has 1 aromatic heterocycles. The number of piperidine rings is 1. The molecule has 2 saturated heterocycles. The van der Waals surface area contributed by atoms with Gasteiger partial charge in [0.2, 0.25) is 0 Å². The van der Waals surface area contributed by atoms with Crippen molar-refractivity contribution in [2.75, 3.05) is 19.6 Å². The second kappa shape index (κ2) is 6.25. The lowest BCUT2D eigenvalue weighted by molar-refractivity contribution is 0.156. The number of fused-ring (bicyclic) bond motifs is 1. The van der Waals surface area contributed by atoms with E-state index in [1.165, 1.54) is 38.0 Å². The fourth-order valence-corrected chi connectivity index (χ4v) is 3.27. The summed E-state index contributed by atoms with van der Waals surface area (Å²) in [5.74, 6) is 0.874. The van der Waals surface area contributed by atoms with Crippen LogP contribution in [0.25, 0.3) is 0 Å². The van der Waals surface area contributed by atoms with Crippen LogP contribution in [0, 0.1) is 5.92 Å². The second-order valence-electron chi connectivity index (χ2n) is 6.06. The summed E-state index contributed by atoms with van der Waals surface area (Å²) in [6.07, 6.45) is 6.89. The van der Waals surface area contributed by atoms with Gasteiger partial charge in [0.1, 0.15) is 0 Å². The van der Waals surface area contributed by atoms with Crippen LogP contribution in [-0.4, -0.2) is 40.4 Å². The van der Waals surface area contributed by atoms with Gasteiger partial charge in [-0.3, -0.25) is 9.58 Å². The zero-order valence-corrected chi connectivity index (χ0v) is 12.7. The van der Waals surface area contributed by atoms with E-state index in [4.69, 9.17) is 0 Å². The van der Waals surface area contributed by atoms with Crippen molar-refractivity contribution in [2.24, 2.45) is 5.92 Å². The normalized spacial score (nSPS) is 27.3. The van der Waals surface area contributed by atoms with Crippen LogP contribution in [0.2, 0.25) is 0 Å². The molecule has 0 spiro atoms. The molecule has 1 aromatic rings. The molecule has 0 bridgehead atoms. The van der Waals surface area contributed by atoms with E-state index < -0.39 is 0 Å². The van der Waals surface area contributed by atoms with Crippen LogP contribution in [-0.2, 0) is 6.54 Å². The van der Waals surface area contributed by atoms with Gasteiger partial charge in [-0.2, -0.15) is 5.10 Å². The lowest BCUT2D eigenvalue weighted by atomic mass is 9.93. The van der Waals surface area contributed by atoms with Gasteiger partial charge in [-0.1, -0.05) is 0 Å². The highest BCUT2D eigenvalue weighted by molar-refractivity contribution is 5.85. The van der Waals surface area contributed by atoms with E-state index in [2.05, 4.69) is 40.0 Å². The molecule has 0 saturated carbocycles. The number of nitrogens with zero attached hydrogens (tertiary/aromatic N) is 3. The molecule has 3 heterocycles. The van der Waals surface area contributed by atoms with Gasteiger partial charge >= 0.3 is 0 Å². The Labute approximate surface area is 122 Å². The predicted octanol–water partition coefficient (Wildman–Crippen LogP) is 2.07. The van der Waals surface area contributed by atoms with Crippen molar-refractivity contribution < 1.29 is 0 Å². The molecule has 4 nitrogen and oxygen atoms in total. The van der Waals surface area contributed by atoms with E-state index >= 15 is 0 Å². The average molecular weight is 285 g/mol. The first kappa shape index (κ1) is 14.8. The monoisotopic (exact) mass is 284 g/mol. The van der Waals surface area contributed by atoms with E-state index in [1.54, 1.807) is 0 Å². The fourth-order valence-electron chi connectivity index (χ4n) is 3.27. The van der Waals surface area contributed by atoms with Crippen LogP contribution in [0.3, 0.4) is 0 Å². The molecule has 1 N–H and O–H groups in total. The first-order valence-corrected chi connectivity index (χ1v) is 7.21. The molecule has 3 rings (SSSR count). The maximum absolute atomic E-state index is 4.43. The van der Waals surface area contributed by atoms with Gasteiger partial charge in [-0.05, 0) is 45.7 Å². The van der Waals surface area contributed by atoms with Crippen molar-refractivity contribution in [3.63, 3.8) is 0 Å². The number of aromatic nitrogens is 2. The average Bonchev–Trinajstić information content (AvgIpc) is 2.96. The molecule has 0 aliphatic carbocycles. The maximum atomic E-state index is 4.43. The van der Waals surface area contributed by atoms with Crippen LogP contribution < -0.4 is 5.32 Å². The van der Waals surface area contributed by atoms with Gasteiger partial charge in [0, 0.05) is 36.9 Å². The lowest BCUT2D eigenvalue weighted by Crippen LogP contribution is -2.43. The molecule has 2 aliphatic heterocycles. The molecular formula is C14H25ClN4. The molecule has 2 unspecified atom stereocenters. The number of likely N-dealkylation sites (tertiary alicyclic amines) is 1. The van der Waals surface area contributed by atoms with Crippen molar-refractivity contribution >= 4 is 12.4 Å². The Kier molecular flexibility index (Phi) is 4.87. The van der Waals surface area contributed by atoms with Crippen LogP contribution in [0.15, 0.2) is 12.4 Å². The molecule has 19 heavy (non-hydrogen) atoms. The number of nitrogens with one attached hydrogen (secondary N) is 1. The topological polar surface area (TPSA) is 33.1 Å². The Hall–Kier alpha value is -0.580. The third kappa shape index (κ3) is 3.30. The molecule has 2 fully saturated rings. The Balaban J connectivity index is 0.00000133. The standard InChI is InChI=1S/C14H24N4.ClH/c1-11(2)18-9-12(7-16-18)8-17-6-4-14-13(10-17)3-5-15-14;/h7,9,11,13-15H,3-6,8,10H2,1-2H3;1H. The van der Waals surface area contributed by atoms with Gasteiger partial charge in [0.25, 0.3) is 0 Å². The van der Waals surface area contributed by atoms with Gasteiger partial charge in [-0.15, -0.1) is 12.4 Å². The summed E-state index contributed by atoms with van der Waals surface area (Å²) in [6, 6.07) is 1.25. The van der Waals surface area contributed by atoms with Gasteiger partial charge in [-0.25, -0.2) is 0 Å². The van der Waals surface area contributed by atoms with Crippen LogP contribution in [0.4, 0.5) is 0 Å². The van der Waals surface area contributed by atoms with Crippen molar-refractivity contribution in [1.29, 1.82) is 0 Å². The predicted molar refractivity (Wildman–Crippen MR) is 79.7 cm³/mol. The quantitative estimate of drug-likeness (QED) is 0.922. The first-order chi connectivity index (χ1) is 8.72. The van der Waals surface area contributed by atoms with E-state index in [-0.39, 0.29) is 12.4 Å². The zero-order valence-electron chi connectivity index (χ0n) is 11.9. The van der Waals surface area contributed by atoms with E-state index in [0.29, 0.717) is 6.04 Å². The van der Waals surface area contributed by atoms with Crippen LogP contribution in [0.1, 0.15) is 38.3 Å². The number of halogens is 1. The number of rotatable bonds is 3. The zero-order chi connectivity index (χ0) is 12.5. The minimum absolute atomic E-state index is 0. The number of hydrogen-bond acceptors (Lipinski definition) is 3. The summed E-state index contributed by atoms with van der Waals surface area (Å²) in [5, 5.41) is 8.04. The molecule has 2 atom stereocenters. The minimum Gasteiger partial charge on any atom is -0.314 e. The molecule has 0 amide bonds. The van der Waals surface area contributed by atoms with Crippen LogP contribution in [0.5, 0.6) is 0 Å². The molecule has 5 heteroatoms. The largest absolute Gasteiger partial charge is 0.314 e. The highest BCUT2D eigenvalue weighted by atomic mass is 35.5. The summed E-state index contributed by atoms with van der Waals surface area (Å²) in [5.41, 5.74) is 1.35. The Morgan fingerprint density at radius 2 is 2.26 bits per heavy atom. The Bertz CT molecular complexity index is 404. The summed E-state index contributed by atoms with van der Waals surface area (Å²) in [7, 11) is 0. The molecule has 0 aromatic carbocycles. The fraction of sp³-hybridized carbons (Fsp3) is 0.786. The lowest BCUT2D eigenvalue weighted by Gasteiger charge is -2.34. The summed E-state index contributed by atoms with van der Waals surface area (Å²) >= 11 is 0. The SMILES string of the molecule is CC(C)n1cc(CN2CCC3NCCC3C2)cn1.Cl. The first-order valence-electron chi connectivity index (χ1n) is 7.21.